The molecule has 92 valence electrons. The SMILES string of the molecule is CC(CC1CCC1)Nc1cccc([N+](=O)[O-])c1. The van der Waals surface area contributed by atoms with Crippen molar-refractivity contribution in [3.63, 3.8) is 0 Å². The summed E-state index contributed by atoms with van der Waals surface area (Å²) in [4.78, 5) is 10.3. The van der Waals surface area contributed by atoms with Gasteiger partial charge in [0.05, 0.1) is 4.92 Å². The van der Waals surface area contributed by atoms with Gasteiger partial charge in [0.15, 0.2) is 0 Å². The summed E-state index contributed by atoms with van der Waals surface area (Å²) in [5.41, 5.74) is 0.983. The predicted octanol–water partition coefficient (Wildman–Crippen LogP) is 3.59. The second-order valence-electron chi connectivity index (χ2n) is 4.89. The van der Waals surface area contributed by atoms with Crippen LogP contribution < -0.4 is 5.32 Å². The monoisotopic (exact) mass is 234 g/mol. The van der Waals surface area contributed by atoms with Gasteiger partial charge in [0.1, 0.15) is 0 Å². The van der Waals surface area contributed by atoms with E-state index in [1.807, 2.05) is 6.07 Å². The van der Waals surface area contributed by atoms with E-state index < -0.39 is 0 Å². The summed E-state index contributed by atoms with van der Waals surface area (Å²) >= 11 is 0. The molecule has 1 aromatic rings. The zero-order valence-electron chi connectivity index (χ0n) is 10.1. The van der Waals surface area contributed by atoms with Crippen molar-refractivity contribution in [2.45, 2.75) is 38.6 Å². The molecule has 1 aliphatic carbocycles. The molecule has 0 heterocycles. The molecule has 2 rings (SSSR count). The van der Waals surface area contributed by atoms with Crippen LogP contribution in [0.2, 0.25) is 0 Å². The Morgan fingerprint density at radius 3 is 2.88 bits per heavy atom. The van der Waals surface area contributed by atoms with Crippen molar-refractivity contribution < 1.29 is 4.92 Å². The number of anilines is 1. The number of hydrogen-bond acceptors (Lipinski definition) is 3. The molecular weight excluding hydrogens is 216 g/mol. The lowest BCUT2D eigenvalue weighted by Crippen LogP contribution is -2.23. The minimum Gasteiger partial charge on any atom is -0.382 e. The van der Waals surface area contributed by atoms with Gasteiger partial charge in [-0.2, -0.15) is 0 Å². The van der Waals surface area contributed by atoms with Crippen LogP contribution in [0.1, 0.15) is 32.6 Å². The van der Waals surface area contributed by atoms with Crippen molar-refractivity contribution in [2.75, 3.05) is 5.32 Å². The van der Waals surface area contributed by atoms with Crippen molar-refractivity contribution in [1.29, 1.82) is 0 Å². The number of hydrogen-bond donors (Lipinski definition) is 1. The first kappa shape index (κ1) is 11.9. The van der Waals surface area contributed by atoms with E-state index in [0.29, 0.717) is 6.04 Å². The van der Waals surface area contributed by atoms with Crippen molar-refractivity contribution >= 4 is 11.4 Å². The summed E-state index contributed by atoms with van der Waals surface area (Å²) in [5, 5.41) is 14.0. The fourth-order valence-electron chi connectivity index (χ4n) is 2.28. The summed E-state index contributed by atoms with van der Waals surface area (Å²) in [5.74, 6) is 0.844. The van der Waals surface area contributed by atoms with E-state index in [1.54, 1.807) is 12.1 Å². The first-order valence-corrected chi connectivity index (χ1v) is 6.16. The molecule has 1 fully saturated rings. The van der Waals surface area contributed by atoms with E-state index in [1.165, 1.54) is 25.3 Å². The number of nitro benzene ring substituents is 1. The topological polar surface area (TPSA) is 55.2 Å². The lowest BCUT2D eigenvalue weighted by Gasteiger charge is -2.28. The molecule has 4 heteroatoms. The van der Waals surface area contributed by atoms with Crippen LogP contribution in [0, 0.1) is 16.0 Å². The average Bonchev–Trinajstić information content (AvgIpc) is 2.24. The Morgan fingerprint density at radius 1 is 1.53 bits per heavy atom. The average molecular weight is 234 g/mol. The van der Waals surface area contributed by atoms with Gasteiger partial charge in [-0.3, -0.25) is 10.1 Å². The van der Waals surface area contributed by atoms with Gasteiger partial charge in [-0.05, 0) is 25.3 Å². The molecule has 0 spiro atoms. The zero-order chi connectivity index (χ0) is 12.3. The van der Waals surface area contributed by atoms with Gasteiger partial charge in [0.2, 0.25) is 0 Å². The Bertz CT molecular complexity index is 402. The molecule has 1 saturated carbocycles. The maximum absolute atomic E-state index is 10.6. The Labute approximate surface area is 101 Å². The Kier molecular flexibility index (Phi) is 3.61. The molecule has 1 aliphatic rings. The molecule has 1 N–H and O–H groups in total. The summed E-state index contributed by atoms with van der Waals surface area (Å²) in [6.07, 6.45) is 5.18. The highest BCUT2D eigenvalue weighted by Gasteiger charge is 2.20. The first-order valence-electron chi connectivity index (χ1n) is 6.16. The quantitative estimate of drug-likeness (QED) is 0.625. The van der Waals surface area contributed by atoms with Crippen LogP contribution >= 0.6 is 0 Å². The third-order valence-corrected chi connectivity index (χ3v) is 3.38. The fourth-order valence-corrected chi connectivity index (χ4v) is 2.28. The third kappa shape index (κ3) is 3.19. The van der Waals surface area contributed by atoms with Crippen LogP contribution in [-0.2, 0) is 0 Å². The smallest absolute Gasteiger partial charge is 0.271 e. The van der Waals surface area contributed by atoms with Gasteiger partial charge >= 0.3 is 0 Å². The minimum atomic E-state index is -0.359. The normalized spacial score (nSPS) is 17.2. The van der Waals surface area contributed by atoms with E-state index in [-0.39, 0.29) is 10.6 Å². The van der Waals surface area contributed by atoms with E-state index in [0.717, 1.165) is 18.0 Å². The lowest BCUT2D eigenvalue weighted by atomic mass is 9.81. The number of nitro groups is 1. The molecule has 4 nitrogen and oxygen atoms in total. The van der Waals surface area contributed by atoms with Crippen LogP contribution in [0.5, 0.6) is 0 Å². The summed E-state index contributed by atoms with van der Waals surface area (Å²) in [6, 6.07) is 7.09. The molecule has 1 atom stereocenters. The van der Waals surface area contributed by atoms with Gasteiger partial charge in [0.25, 0.3) is 5.69 Å². The van der Waals surface area contributed by atoms with Crippen LogP contribution in [0.4, 0.5) is 11.4 Å². The van der Waals surface area contributed by atoms with E-state index in [4.69, 9.17) is 0 Å². The molecule has 0 aromatic heterocycles. The number of nitrogens with zero attached hydrogens (tertiary/aromatic N) is 1. The largest absolute Gasteiger partial charge is 0.382 e. The van der Waals surface area contributed by atoms with Crippen molar-refractivity contribution in [3.8, 4) is 0 Å². The lowest BCUT2D eigenvalue weighted by molar-refractivity contribution is -0.384. The van der Waals surface area contributed by atoms with Crippen LogP contribution in [-0.4, -0.2) is 11.0 Å². The fraction of sp³-hybridized carbons (Fsp3) is 0.538. The van der Waals surface area contributed by atoms with Crippen LogP contribution in [0.25, 0.3) is 0 Å². The molecule has 1 unspecified atom stereocenters. The van der Waals surface area contributed by atoms with E-state index >= 15 is 0 Å². The van der Waals surface area contributed by atoms with Gasteiger partial charge in [-0.25, -0.2) is 0 Å². The second kappa shape index (κ2) is 5.17. The number of benzene rings is 1. The summed E-state index contributed by atoms with van der Waals surface area (Å²) in [6.45, 7) is 2.14. The van der Waals surface area contributed by atoms with Gasteiger partial charge < -0.3 is 5.32 Å². The van der Waals surface area contributed by atoms with Crippen LogP contribution in [0.15, 0.2) is 24.3 Å². The third-order valence-electron chi connectivity index (χ3n) is 3.38. The second-order valence-corrected chi connectivity index (χ2v) is 4.89. The Balaban J connectivity index is 1.92. The molecule has 0 saturated heterocycles. The predicted molar refractivity (Wildman–Crippen MR) is 68.1 cm³/mol. The molecule has 0 bridgehead atoms. The van der Waals surface area contributed by atoms with Crippen molar-refractivity contribution in [3.05, 3.63) is 34.4 Å². The zero-order valence-corrected chi connectivity index (χ0v) is 10.1. The Morgan fingerprint density at radius 2 is 2.29 bits per heavy atom. The number of non-ortho nitro benzene ring substituents is 1. The molecule has 0 radical (unpaired) electrons. The number of rotatable bonds is 5. The molecule has 1 aromatic carbocycles. The van der Waals surface area contributed by atoms with Gasteiger partial charge in [-0.1, -0.05) is 25.3 Å². The van der Waals surface area contributed by atoms with Gasteiger partial charge in [-0.15, -0.1) is 0 Å². The first-order chi connectivity index (χ1) is 8.15. The highest BCUT2D eigenvalue weighted by Crippen LogP contribution is 2.31. The van der Waals surface area contributed by atoms with Gasteiger partial charge in [0, 0.05) is 23.9 Å². The van der Waals surface area contributed by atoms with Crippen molar-refractivity contribution in [1.82, 2.24) is 0 Å². The summed E-state index contributed by atoms with van der Waals surface area (Å²) in [7, 11) is 0. The standard InChI is InChI=1S/C13H18N2O2/c1-10(8-11-4-2-5-11)14-12-6-3-7-13(9-12)15(16)17/h3,6-7,9-11,14H,2,4-5,8H2,1H3. The number of nitrogens with one attached hydrogen (secondary N) is 1. The maximum atomic E-state index is 10.6. The molecule has 17 heavy (non-hydrogen) atoms. The van der Waals surface area contributed by atoms with E-state index in [9.17, 15) is 10.1 Å². The van der Waals surface area contributed by atoms with Crippen LogP contribution in [0.3, 0.4) is 0 Å². The van der Waals surface area contributed by atoms with E-state index in [2.05, 4.69) is 12.2 Å². The minimum absolute atomic E-state index is 0.144. The van der Waals surface area contributed by atoms with Crippen molar-refractivity contribution in [2.24, 2.45) is 5.92 Å². The molecule has 0 amide bonds. The molecular formula is C13H18N2O2. The highest BCUT2D eigenvalue weighted by atomic mass is 16.6. The molecule has 0 aliphatic heterocycles. The highest BCUT2D eigenvalue weighted by molar-refractivity contribution is 5.51. The Hall–Kier alpha value is -1.58. The maximum Gasteiger partial charge on any atom is 0.271 e. The summed E-state index contributed by atoms with van der Waals surface area (Å²) < 4.78 is 0.